The van der Waals surface area contributed by atoms with E-state index in [1.807, 2.05) is 0 Å². The van der Waals surface area contributed by atoms with Crippen molar-refractivity contribution in [3.8, 4) is 22.9 Å². The number of rotatable bonds is 9. The number of nitriles is 1. The van der Waals surface area contributed by atoms with Gasteiger partial charge < -0.3 is 20.9 Å². The molecule has 0 saturated carbocycles. The number of carbonyl (C=O) groups is 5. The number of nitrogens with one attached hydrogen (secondary N) is 1. The summed E-state index contributed by atoms with van der Waals surface area (Å²) in [5, 5.41) is 21.8. The highest BCUT2D eigenvalue weighted by atomic mass is 32.1. The van der Waals surface area contributed by atoms with Crippen molar-refractivity contribution in [2.75, 3.05) is 12.0 Å². The normalized spacial score (nSPS) is 13.0. The average molecular weight is 547 g/mol. The molecule has 0 radical (unpaired) electrons. The summed E-state index contributed by atoms with van der Waals surface area (Å²) < 4.78 is 5.19. The molecule has 4 rings (SSSR count). The molecular formula is C27H22N4O7S. The number of carboxylic acid groups (broad SMARTS) is 1. The lowest BCUT2D eigenvalue weighted by molar-refractivity contribution is -0.139. The van der Waals surface area contributed by atoms with E-state index in [4.69, 9.17) is 10.5 Å². The smallest absolute Gasteiger partial charge is 0.326 e. The monoisotopic (exact) mass is 546 g/mol. The van der Waals surface area contributed by atoms with Crippen LogP contribution in [0.4, 0.5) is 5.00 Å². The number of carbonyl (C=O) groups excluding carboxylic acids is 4. The van der Waals surface area contributed by atoms with Crippen LogP contribution in [0.25, 0.3) is 11.1 Å². The first-order valence-electron chi connectivity index (χ1n) is 11.6. The van der Waals surface area contributed by atoms with Crippen LogP contribution in [-0.2, 0) is 9.59 Å². The van der Waals surface area contributed by atoms with Crippen molar-refractivity contribution in [2.45, 2.75) is 25.8 Å². The number of amides is 4. The lowest BCUT2D eigenvalue weighted by atomic mass is 10.0. The topological polar surface area (TPSA) is 180 Å². The molecule has 0 bridgehead atoms. The van der Waals surface area contributed by atoms with E-state index >= 15 is 0 Å². The zero-order chi connectivity index (χ0) is 28.4. The van der Waals surface area contributed by atoms with Gasteiger partial charge in [-0.3, -0.25) is 19.2 Å². The fraction of sp³-hybridized carbons (Fsp3) is 0.185. The Balaban J connectivity index is 1.65. The van der Waals surface area contributed by atoms with Crippen molar-refractivity contribution in [2.24, 2.45) is 5.73 Å². The van der Waals surface area contributed by atoms with Crippen LogP contribution in [0.3, 0.4) is 0 Å². The number of imide groups is 1. The Morgan fingerprint density at radius 1 is 1.13 bits per heavy atom. The summed E-state index contributed by atoms with van der Waals surface area (Å²) in [6, 6.07) is 11.6. The van der Waals surface area contributed by atoms with Gasteiger partial charge >= 0.3 is 5.97 Å². The number of methoxy groups -OCH3 is 1. The minimum absolute atomic E-state index is 0.0426. The van der Waals surface area contributed by atoms with Gasteiger partial charge in [0.1, 0.15) is 22.9 Å². The van der Waals surface area contributed by atoms with E-state index in [0.29, 0.717) is 16.9 Å². The number of thiophene rings is 1. The number of nitrogens with zero attached hydrogens (tertiary/aromatic N) is 2. The summed E-state index contributed by atoms with van der Waals surface area (Å²) >= 11 is 1.12. The number of aliphatic carboxylic acids is 1. The van der Waals surface area contributed by atoms with Crippen molar-refractivity contribution < 1.29 is 33.8 Å². The van der Waals surface area contributed by atoms with Crippen LogP contribution in [-0.4, -0.2) is 47.9 Å². The number of ether oxygens (including phenoxy) is 1. The molecule has 1 aromatic heterocycles. The van der Waals surface area contributed by atoms with Crippen LogP contribution >= 0.6 is 11.3 Å². The molecular weight excluding hydrogens is 524 g/mol. The van der Waals surface area contributed by atoms with Gasteiger partial charge in [-0.2, -0.15) is 5.26 Å². The van der Waals surface area contributed by atoms with Gasteiger partial charge in [0.05, 0.1) is 23.8 Å². The van der Waals surface area contributed by atoms with Crippen LogP contribution in [0.1, 0.15) is 54.4 Å². The lowest BCUT2D eigenvalue weighted by Crippen LogP contribution is -2.41. The van der Waals surface area contributed by atoms with Crippen molar-refractivity contribution >= 4 is 45.9 Å². The third-order valence-electron chi connectivity index (χ3n) is 6.19. The lowest BCUT2D eigenvalue weighted by Gasteiger charge is -2.14. The summed E-state index contributed by atoms with van der Waals surface area (Å²) in [6.07, 6.45) is -0.457. The first kappa shape index (κ1) is 27.0. The van der Waals surface area contributed by atoms with E-state index < -0.39 is 35.6 Å². The molecule has 4 amide bonds. The van der Waals surface area contributed by atoms with Crippen molar-refractivity contribution in [1.29, 1.82) is 5.26 Å². The number of anilines is 1. The summed E-state index contributed by atoms with van der Waals surface area (Å²) in [5.74, 6) is -3.60. The highest BCUT2D eigenvalue weighted by molar-refractivity contribution is 7.17. The highest BCUT2D eigenvalue weighted by Crippen LogP contribution is 2.44. The number of primary amides is 1. The molecule has 1 atom stereocenters. The maximum absolute atomic E-state index is 13.4. The van der Waals surface area contributed by atoms with E-state index in [9.17, 15) is 34.3 Å². The van der Waals surface area contributed by atoms with Crippen LogP contribution in [0.2, 0.25) is 0 Å². The molecule has 3 aromatic rings. The van der Waals surface area contributed by atoms with Crippen molar-refractivity contribution in [3.63, 3.8) is 0 Å². The molecule has 2 aromatic carbocycles. The van der Waals surface area contributed by atoms with Crippen LogP contribution in [0.15, 0.2) is 42.5 Å². The Bertz CT molecular complexity index is 1570. The largest absolute Gasteiger partial charge is 0.497 e. The zero-order valence-electron chi connectivity index (χ0n) is 20.8. The SMILES string of the molecule is COc1ccc(-c2c(C)sc(N3C(=O)c4ccc(C(=O)NC(CCC(N)=O)C(=O)O)cc4C3=O)c2C#N)cc1. The Hall–Kier alpha value is -5.02. The van der Waals surface area contributed by atoms with Crippen molar-refractivity contribution in [3.05, 3.63) is 69.6 Å². The van der Waals surface area contributed by atoms with Gasteiger partial charge in [-0.05, 0) is 49.2 Å². The van der Waals surface area contributed by atoms with Gasteiger partial charge in [-0.1, -0.05) is 12.1 Å². The molecule has 0 spiro atoms. The van der Waals surface area contributed by atoms with Crippen molar-refractivity contribution in [1.82, 2.24) is 5.32 Å². The van der Waals surface area contributed by atoms with Crippen LogP contribution in [0.5, 0.6) is 5.75 Å². The Morgan fingerprint density at radius 3 is 2.38 bits per heavy atom. The average Bonchev–Trinajstić information content (AvgIpc) is 3.37. The van der Waals surface area contributed by atoms with Crippen LogP contribution in [0, 0.1) is 18.3 Å². The first-order chi connectivity index (χ1) is 18.6. The number of fused-ring (bicyclic) bond motifs is 1. The van der Waals surface area contributed by atoms with E-state index in [1.54, 1.807) is 31.2 Å². The van der Waals surface area contributed by atoms with Crippen LogP contribution < -0.4 is 20.7 Å². The Morgan fingerprint density at radius 2 is 1.79 bits per heavy atom. The third kappa shape index (κ3) is 5.07. The second kappa shape index (κ2) is 10.8. The quantitative estimate of drug-likeness (QED) is 0.343. The predicted molar refractivity (Wildman–Crippen MR) is 141 cm³/mol. The number of nitrogens with two attached hydrogens (primary N) is 1. The molecule has 4 N–H and O–H groups in total. The molecule has 0 saturated heterocycles. The first-order valence-corrected chi connectivity index (χ1v) is 12.4. The summed E-state index contributed by atoms with van der Waals surface area (Å²) in [6.45, 7) is 1.78. The number of benzene rings is 2. The molecule has 198 valence electrons. The maximum atomic E-state index is 13.4. The van der Waals surface area contributed by atoms with Gasteiger partial charge in [-0.15, -0.1) is 11.3 Å². The van der Waals surface area contributed by atoms with E-state index in [2.05, 4.69) is 11.4 Å². The highest BCUT2D eigenvalue weighted by Gasteiger charge is 2.40. The molecule has 0 fully saturated rings. The molecule has 1 aliphatic heterocycles. The summed E-state index contributed by atoms with van der Waals surface area (Å²) in [4.78, 5) is 63.6. The summed E-state index contributed by atoms with van der Waals surface area (Å²) in [5.41, 5.74) is 6.47. The van der Waals surface area contributed by atoms with E-state index in [-0.39, 0.29) is 40.1 Å². The zero-order valence-corrected chi connectivity index (χ0v) is 21.6. The van der Waals surface area contributed by atoms with Gasteiger partial charge in [-0.25, -0.2) is 9.69 Å². The van der Waals surface area contributed by atoms with Gasteiger partial charge in [0.15, 0.2) is 0 Å². The third-order valence-corrected chi connectivity index (χ3v) is 7.28. The Kier molecular flexibility index (Phi) is 7.46. The van der Waals surface area contributed by atoms with Gasteiger partial charge in [0.25, 0.3) is 17.7 Å². The van der Waals surface area contributed by atoms with E-state index in [0.717, 1.165) is 21.1 Å². The number of carboxylic acids is 1. The fourth-order valence-electron chi connectivity index (χ4n) is 4.25. The Labute approximate surface area is 226 Å². The summed E-state index contributed by atoms with van der Waals surface area (Å²) in [7, 11) is 1.54. The molecule has 11 nitrogen and oxygen atoms in total. The molecule has 39 heavy (non-hydrogen) atoms. The second-order valence-corrected chi connectivity index (χ2v) is 9.83. The minimum atomic E-state index is -1.38. The second-order valence-electron chi connectivity index (χ2n) is 8.63. The number of hydrogen-bond donors (Lipinski definition) is 3. The predicted octanol–water partition coefficient (Wildman–Crippen LogP) is 2.85. The maximum Gasteiger partial charge on any atom is 0.326 e. The molecule has 2 heterocycles. The molecule has 1 unspecified atom stereocenters. The van der Waals surface area contributed by atoms with Gasteiger partial charge in [0, 0.05) is 22.4 Å². The number of hydrogen-bond acceptors (Lipinski definition) is 8. The standard InChI is InChI=1S/C27H22N4O7S/c1-13-22(14-3-6-16(38-2)7-4-14)19(12-28)26(39-13)31-24(34)17-8-5-15(11-18(17)25(31)35)23(33)30-20(27(36)37)9-10-21(29)32/h3-8,11,20H,9-10H2,1-2H3,(H2,29,32)(H,30,33)(H,36,37). The van der Waals surface area contributed by atoms with Gasteiger partial charge in [0.2, 0.25) is 5.91 Å². The molecule has 12 heteroatoms. The minimum Gasteiger partial charge on any atom is -0.497 e. The number of aryl methyl sites for hydroxylation is 1. The molecule has 1 aliphatic rings. The van der Waals surface area contributed by atoms with E-state index in [1.165, 1.54) is 25.3 Å². The fourth-order valence-corrected chi connectivity index (χ4v) is 5.37. The molecule has 0 aliphatic carbocycles.